The standard InChI is InChI=1S/C24H17F3N4O4.C2HF3O2/c1-30(22(33)34)21-28-18-10-9-13(12-19(18)29-21)23(35)17-8-3-2-7-16(17)20(32)31(23)15-6-4-5-14(11-15)24(25,26)27;3-2(4,5)1(6)7/h2-12,35H,1H3,(H,28,29)(H,33,34);(H,6,7). The summed E-state index contributed by atoms with van der Waals surface area (Å²) in [5.74, 6) is -3.39. The average molecular weight is 596 g/mol. The van der Waals surface area contributed by atoms with Crippen LogP contribution >= 0.6 is 0 Å². The molecule has 5 rings (SSSR count). The lowest BCUT2D eigenvalue weighted by molar-refractivity contribution is -0.192. The molecule has 0 radical (unpaired) electrons. The van der Waals surface area contributed by atoms with E-state index in [1.807, 2.05) is 0 Å². The maximum Gasteiger partial charge on any atom is 0.490 e. The third kappa shape index (κ3) is 5.30. The number of carboxylic acid groups (broad SMARTS) is 2. The number of benzene rings is 3. The fraction of sp³-hybridized carbons (Fsp3) is 0.154. The first-order chi connectivity index (χ1) is 19.5. The summed E-state index contributed by atoms with van der Waals surface area (Å²) in [6.07, 6.45) is -11.0. The number of nitrogens with one attached hydrogen (secondary N) is 1. The zero-order valence-corrected chi connectivity index (χ0v) is 21.0. The normalized spacial score (nSPS) is 16.6. The Morgan fingerprint density at radius 3 is 2.19 bits per heavy atom. The van der Waals surface area contributed by atoms with Gasteiger partial charge in [0.1, 0.15) is 0 Å². The third-order valence-corrected chi connectivity index (χ3v) is 6.21. The van der Waals surface area contributed by atoms with Crippen molar-refractivity contribution < 1.29 is 56.0 Å². The highest BCUT2D eigenvalue weighted by molar-refractivity contribution is 6.12. The fourth-order valence-electron chi connectivity index (χ4n) is 4.23. The van der Waals surface area contributed by atoms with Crippen LogP contribution < -0.4 is 9.80 Å². The largest absolute Gasteiger partial charge is 0.490 e. The Morgan fingerprint density at radius 1 is 0.952 bits per heavy atom. The van der Waals surface area contributed by atoms with E-state index in [4.69, 9.17) is 9.90 Å². The van der Waals surface area contributed by atoms with E-state index in [1.54, 1.807) is 18.2 Å². The van der Waals surface area contributed by atoms with Gasteiger partial charge in [-0.2, -0.15) is 26.3 Å². The molecular weight excluding hydrogens is 578 g/mol. The number of rotatable bonds is 3. The van der Waals surface area contributed by atoms with Gasteiger partial charge in [0, 0.05) is 29.4 Å². The molecule has 3 aromatic carbocycles. The summed E-state index contributed by atoms with van der Waals surface area (Å²) in [6, 6.07) is 14.9. The lowest BCUT2D eigenvalue weighted by atomic mass is 9.93. The molecule has 1 aromatic heterocycles. The molecule has 0 saturated heterocycles. The van der Waals surface area contributed by atoms with Gasteiger partial charge in [-0.15, -0.1) is 0 Å². The van der Waals surface area contributed by atoms with Crippen molar-refractivity contribution in [3.8, 4) is 0 Å². The first-order valence-electron chi connectivity index (χ1n) is 11.6. The van der Waals surface area contributed by atoms with Gasteiger partial charge >= 0.3 is 24.4 Å². The van der Waals surface area contributed by atoms with Gasteiger partial charge in [0.2, 0.25) is 5.95 Å². The zero-order valence-electron chi connectivity index (χ0n) is 21.0. The summed E-state index contributed by atoms with van der Waals surface area (Å²) >= 11 is 0. The summed E-state index contributed by atoms with van der Waals surface area (Å²) in [4.78, 5) is 42.4. The Morgan fingerprint density at radius 2 is 1.60 bits per heavy atom. The number of aliphatic carboxylic acids is 1. The number of aliphatic hydroxyl groups is 1. The molecule has 0 spiro atoms. The van der Waals surface area contributed by atoms with E-state index < -0.39 is 41.6 Å². The highest BCUT2D eigenvalue weighted by Gasteiger charge is 2.51. The van der Waals surface area contributed by atoms with E-state index in [-0.39, 0.29) is 28.3 Å². The number of amides is 2. The maximum absolute atomic E-state index is 13.4. The van der Waals surface area contributed by atoms with Crippen LogP contribution in [0.25, 0.3) is 11.0 Å². The molecule has 2 amide bonds. The highest BCUT2D eigenvalue weighted by atomic mass is 19.4. The molecule has 1 unspecified atom stereocenters. The van der Waals surface area contributed by atoms with Crippen LogP contribution in [0.1, 0.15) is 27.0 Å². The van der Waals surface area contributed by atoms with Crippen LogP contribution in [0.15, 0.2) is 66.7 Å². The second-order valence-corrected chi connectivity index (χ2v) is 8.84. The number of hydrogen-bond acceptors (Lipinski definition) is 5. The van der Waals surface area contributed by atoms with Crippen LogP contribution in [-0.2, 0) is 16.7 Å². The number of halogens is 6. The summed E-state index contributed by atoms with van der Waals surface area (Å²) < 4.78 is 72.0. The van der Waals surface area contributed by atoms with Crippen molar-refractivity contribution in [1.82, 2.24) is 9.97 Å². The quantitative estimate of drug-likeness (QED) is 0.238. The van der Waals surface area contributed by atoms with Crippen LogP contribution in [0.5, 0.6) is 0 Å². The number of H-pyrrole nitrogens is 1. The Kier molecular flexibility index (Phi) is 7.37. The van der Waals surface area contributed by atoms with Crippen LogP contribution in [0.2, 0.25) is 0 Å². The van der Waals surface area contributed by atoms with Gasteiger partial charge in [-0.05, 0) is 36.4 Å². The molecule has 42 heavy (non-hydrogen) atoms. The zero-order chi connectivity index (χ0) is 31.2. The number of aromatic nitrogens is 2. The lowest BCUT2D eigenvalue weighted by Crippen LogP contribution is -2.45. The number of carboxylic acids is 1. The average Bonchev–Trinajstić information content (AvgIpc) is 3.44. The van der Waals surface area contributed by atoms with Gasteiger partial charge < -0.3 is 20.3 Å². The first-order valence-corrected chi connectivity index (χ1v) is 11.6. The summed E-state index contributed by atoms with van der Waals surface area (Å²) in [7, 11) is 1.30. The molecular formula is C26H18F6N4O6. The number of carbonyl (C=O) groups is 3. The molecule has 0 saturated carbocycles. The number of nitrogens with zero attached hydrogens (tertiary/aromatic N) is 3. The minimum Gasteiger partial charge on any atom is -0.475 e. The van der Waals surface area contributed by atoms with E-state index >= 15 is 0 Å². The number of fused-ring (bicyclic) bond motifs is 2. The summed E-state index contributed by atoms with van der Waals surface area (Å²) in [6.45, 7) is 0. The topological polar surface area (TPSA) is 147 Å². The molecule has 1 aliphatic heterocycles. The van der Waals surface area contributed by atoms with E-state index in [9.17, 15) is 46.1 Å². The van der Waals surface area contributed by atoms with Crippen molar-refractivity contribution in [3.63, 3.8) is 0 Å². The minimum atomic E-state index is -5.08. The number of aromatic amines is 1. The van der Waals surface area contributed by atoms with Gasteiger partial charge in [0.05, 0.1) is 16.6 Å². The van der Waals surface area contributed by atoms with Gasteiger partial charge in [-0.1, -0.05) is 30.3 Å². The molecule has 1 aliphatic rings. The molecule has 0 aliphatic carbocycles. The smallest absolute Gasteiger partial charge is 0.475 e. The van der Waals surface area contributed by atoms with E-state index in [2.05, 4.69) is 9.97 Å². The monoisotopic (exact) mass is 596 g/mol. The van der Waals surface area contributed by atoms with Crippen LogP contribution in [0.4, 0.5) is 42.8 Å². The highest BCUT2D eigenvalue weighted by Crippen LogP contribution is 2.46. The van der Waals surface area contributed by atoms with Crippen molar-refractivity contribution >= 4 is 40.6 Å². The van der Waals surface area contributed by atoms with Crippen LogP contribution in [0, 0.1) is 0 Å². The van der Waals surface area contributed by atoms with E-state index in [1.165, 1.54) is 43.4 Å². The van der Waals surface area contributed by atoms with Crippen molar-refractivity contribution in [2.75, 3.05) is 16.8 Å². The number of anilines is 2. The van der Waals surface area contributed by atoms with Crippen molar-refractivity contribution in [2.24, 2.45) is 0 Å². The molecule has 0 bridgehead atoms. The summed E-state index contributed by atoms with van der Waals surface area (Å²) in [5, 5.41) is 28.4. The number of carbonyl (C=O) groups excluding carboxylic acids is 1. The Bertz CT molecular complexity index is 1700. The minimum absolute atomic E-state index is 0.0364. The van der Waals surface area contributed by atoms with Gasteiger partial charge in [-0.3, -0.25) is 14.6 Å². The fourth-order valence-corrected chi connectivity index (χ4v) is 4.23. The van der Waals surface area contributed by atoms with E-state index in [0.29, 0.717) is 11.0 Å². The molecule has 10 nitrogen and oxygen atoms in total. The van der Waals surface area contributed by atoms with Crippen LogP contribution in [0.3, 0.4) is 0 Å². The van der Waals surface area contributed by atoms with Crippen molar-refractivity contribution in [1.29, 1.82) is 0 Å². The third-order valence-electron chi connectivity index (χ3n) is 6.21. The Hall–Kier alpha value is -5.12. The van der Waals surface area contributed by atoms with Gasteiger partial charge in [0.25, 0.3) is 5.91 Å². The summed E-state index contributed by atoms with van der Waals surface area (Å²) in [5.41, 5.74) is -2.01. The first kappa shape index (κ1) is 29.9. The van der Waals surface area contributed by atoms with Crippen molar-refractivity contribution in [3.05, 3.63) is 89.0 Å². The maximum atomic E-state index is 13.4. The second-order valence-electron chi connectivity index (χ2n) is 8.84. The van der Waals surface area contributed by atoms with Crippen molar-refractivity contribution in [2.45, 2.75) is 18.1 Å². The number of imidazole rings is 1. The number of alkyl halides is 6. The molecule has 4 N–H and O–H groups in total. The Balaban J connectivity index is 0.000000517. The van der Waals surface area contributed by atoms with E-state index in [0.717, 1.165) is 21.9 Å². The molecule has 220 valence electrons. The second kappa shape index (κ2) is 10.4. The molecule has 4 aromatic rings. The molecule has 2 heterocycles. The molecule has 1 atom stereocenters. The van der Waals surface area contributed by atoms with Gasteiger partial charge in [0.15, 0.2) is 5.72 Å². The van der Waals surface area contributed by atoms with Gasteiger partial charge in [-0.25, -0.2) is 14.6 Å². The SMILES string of the molecule is CN(C(=O)O)c1nc2cc(C3(O)c4ccccc4C(=O)N3c3cccc(C(F)(F)F)c3)ccc2[nH]1.O=C(O)C(F)(F)F. The predicted molar refractivity (Wildman–Crippen MR) is 134 cm³/mol. The molecule has 16 heteroatoms. The predicted octanol–water partition coefficient (Wildman–Crippen LogP) is 5.18. The number of hydrogen-bond donors (Lipinski definition) is 4. The van der Waals surface area contributed by atoms with Crippen LogP contribution in [-0.4, -0.2) is 56.5 Å². The Labute approximate surface area is 231 Å². The molecule has 0 fully saturated rings. The lowest BCUT2D eigenvalue weighted by Gasteiger charge is -2.35.